The largest absolute Gasteiger partial charge is 0.465 e. The number of ketones is 1. The minimum Gasteiger partial charge on any atom is -0.465 e. The number of para-hydroxylation sites is 1. The summed E-state index contributed by atoms with van der Waals surface area (Å²) in [5, 5.41) is 9.07. The zero-order valence-electron chi connectivity index (χ0n) is 16.0. The maximum Gasteiger partial charge on any atom is 0.327 e. The highest BCUT2D eigenvalue weighted by Crippen LogP contribution is 2.31. The predicted molar refractivity (Wildman–Crippen MR) is 106 cm³/mol. The van der Waals surface area contributed by atoms with Gasteiger partial charge in [-0.1, -0.05) is 30.0 Å². The van der Waals surface area contributed by atoms with Gasteiger partial charge >= 0.3 is 5.97 Å². The van der Waals surface area contributed by atoms with Crippen molar-refractivity contribution in [2.24, 2.45) is 0 Å². The van der Waals surface area contributed by atoms with E-state index >= 15 is 0 Å². The van der Waals surface area contributed by atoms with E-state index in [9.17, 15) is 9.59 Å². The molecule has 1 N–H and O–H groups in total. The van der Waals surface area contributed by atoms with E-state index < -0.39 is 11.2 Å². The van der Waals surface area contributed by atoms with E-state index in [1.54, 1.807) is 14.0 Å². The summed E-state index contributed by atoms with van der Waals surface area (Å²) in [7, 11) is 1.61. The Morgan fingerprint density at radius 2 is 2.07 bits per heavy atom. The molecule has 8 nitrogen and oxygen atoms in total. The van der Waals surface area contributed by atoms with Gasteiger partial charge < -0.3 is 14.5 Å². The molecule has 0 amide bonds. The van der Waals surface area contributed by atoms with Crippen molar-refractivity contribution in [3.05, 3.63) is 30.5 Å². The number of nitrogens with one attached hydrogen (secondary N) is 1. The van der Waals surface area contributed by atoms with E-state index in [0.717, 1.165) is 28.2 Å². The van der Waals surface area contributed by atoms with Gasteiger partial charge in [0.25, 0.3) is 0 Å². The van der Waals surface area contributed by atoms with Crippen LogP contribution in [0.4, 0.5) is 0 Å². The van der Waals surface area contributed by atoms with Crippen LogP contribution in [0.1, 0.15) is 13.8 Å². The second-order valence-corrected chi connectivity index (χ2v) is 7.13. The van der Waals surface area contributed by atoms with Crippen molar-refractivity contribution in [1.82, 2.24) is 19.7 Å². The smallest absolute Gasteiger partial charge is 0.327 e. The molecule has 2 heterocycles. The van der Waals surface area contributed by atoms with Crippen molar-refractivity contribution < 1.29 is 19.1 Å². The minimum absolute atomic E-state index is 0.208. The number of H-pyrrole nitrogens is 1. The number of thioether (sulfide) groups is 1. The van der Waals surface area contributed by atoms with Gasteiger partial charge in [-0.05, 0) is 19.9 Å². The van der Waals surface area contributed by atoms with Crippen molar-refractivity contribution in [3.63, 3.8) is 0 Å². The Balaban J connectivity index is 2.00. The third kappa shape index (κ3) is 4.10. The van der Waals surface area contributed by atoms with Gasteiger partial charge in [-0.3, -0.25) is 14.2 Å². The topological polar surface area (TPSA) is 99.1 Å². The van der Waals surface area contributed by atoms with E-state index in [0.29, 0.717) is 24.1 Å². The molecular weight excluding hydrogens is 380 g/mol. The summed E-state index contributed by atoms with van der Waals surface area (Å²) in [5.41, 5.74) is 1.88. The summed E-state index contributed by atoms with van der Waals surface area (Å²) >= 11 is 1.04. The maximum absolute atomic E-state index is 12.2. The molecular formula is C19H22N4O4S. The molecule has 2 aromatic heterocycles. The summed E-state index contributed by atoms with van der Waals surface area (Å²) in [5.74, 6) is -0.225. The number of ether oxygens (including phenoxy) is 2. The predicted octanol–water partition coefficient (Wildman–Crippen LogP) is 2.69. The molecule has 0 aliphatic carbocycles. The molecule has 0 radical (unpaired) electrons. The number of aromatic nitrogens is 4. The van der Waals surface area contributed by atoms with Crippen LogP contribution in [0.2, 0.25) is 0 Å². The Hall–Kier alpha value is -2.65. The number of benzene rings is 1. The van der Waals surface area contributed by atoms with Crippen molar-refractivity contribution in [2.75, 3.05) is 20.3 Å². The van der Waals surface area contributed by atoms with Crippen LogP contribution < -0.4 is 0 Å². The van der Waals surface area contributed by atoms with E-state index in [2.05, 4.69) is 15.2 Å². The normalized spacial score (nSPS) is 12.2. The van der Waals surface area contributed by atoms with Gasteiger partial charge in [0, 0.05) is 29.8 Å². The molecule has 1 aromatic carbocycles. The maximum atomic E-state index is 12.2. The number of fused-ring (bicyclic) bond motifs is 1. The summed E-state index contributed by atoms with van der Waals surface area (Å²) in [6, 6.07) is 7.89. The first-order valence-electron chi connectivity index (χ1n) is 8.89. The zero-order chi connectivity index (χ0) is 20.1. The second-order valence-electron chi connectivity index (χ2n) is 6.06. The third-order valence-electron chi connectivity index (χ3n) is 4.16. The molecule has 3 rings (SSSR count). The first kappa shape index (κ1) is 20.1. The molecule has 28 heavy (non-hydrogen) atoms. The molecule has 1 unspecified atom stereocenters. The van der Waals surface area contributed by atoms with Crippen LogP contribution in [0.25, 0.3) is 22.3 Å². The molecule has 0 saturated carbocycles. The highest BCUT2D eigenvalue weighted by molar-refractivity contribution is 8.01. The second kappa shape index (κ2) is 9.03. The molecule has 0 bridgehead atoms. The van der Waals surface area contributed by atoms with Crippen LogP contribution in [-0.2, 0) is 25.6 Å². The van der Waals surface area contributed by atoms with Crippen molar-refractivity contribution in [2.45, 2.75) is 30.8 Å². The van der Waals surface area contributed by atoms with Crippen LogP contribution in [0.15, 0.2) is 35.6 Å². The van der Waals surface area contributed by atoms with Crippen LogP contribution >= 0.6 is 11.8 Å². The fourth-order valence-corrected chi connectivity index (χ4v) is 3.77. The van der Waals surface area contributed by atoms with Gasteiger partial charge in [-0.2, -0.15) is 0 Å². The number of methoxy groups -OCH3 is 1. The quantitative estimate of drug-likeness (QED) is 0.334. The van der Waals surface area contributed by atoms with E-state index in [1.165, 1.54) is 6.92 Å². The average Bonchev–Trinajstić information content (AvgIpc) is 3.27. The van der Waals surface area contributed by atoms with Crippen LogP contribution in [0, 0.1) is 0 Å². The molecule has 0 fully saturated rings. The van der Waals surface area contributed by atoms with E-state index in [-0.39, 0.29) is 12.4 Å². The summed E-state index contributed by atoms with van der Waals surface area (Å²) in [6.45, 7) is 4.19. The molecule has 0 aliphatic heterocycles. The Labute approximate surface area is 166 Å². The van der Waals surface area contributed by atoms with Crippen LogP contribution in [0.3, 0.4) is 0 Å². The standard InChI is InChI=1S/C19H22N4O4S/c1-4-27-18(25)16(12(2)24)28-19-22-21-17(23(19)9-10-26-3)14-11-20-15-8-6-5-7-13(14)15/h5-8,11,16,20H,4,9-10H2,1-3H3. The van der Waals surface area contributed by atoms with Gasteiger partial charge in [-0.25, -0.2) is 0 Å². The molecule has 3 aromatic rings. The van der Waals surface area contributed by atoms with Crippen molar-refractivity contribution >= 4 is 34.4 Å². The summed E-state index contributed by atoms with van der Waals surface area (Å²) < 4.78 is 12.1. The van der Waals surface area contributed by atoms with Crippen molar-refractivity contribution in [3.8, 4) is 11.4 Å². The van der Waals surface area contributed by atoms with Gasteiger partial charge in [-0.15, -0.1) is 10.2 Å². The number of carbonyl (C=O) groups excluding carboxylic acids is 2. The number of hydrogen-bond acceptors (Lipinski definition) is 7. The van der Waals surface area contributed by atoms with E-state index in [4.69, 9.17) is 9.47 Å². The minimum atomic E-state index is -0.985. The molecule has 0 aliphatic rings. The first-order chi connectivity index (χ1) is 13.6. The number of nitrogens with zero attached hydrogens (tertiary/aromatic N) is 3. The fraction of sp³-hybridized carbons (Fsp3) is 0.368. The van der Waals surface area contributed by atoms with Crippen LogP contribution in [-0.4, -0.2) is 57.1 Å². The Bertz CT molecular complexity index is 981. The molecule has 0 saturated heterocycles. The van der Waals surface area contributed by atoms with Gasteiger partial charge in [0.05, 0.1) is 19.8 Å². The lowest BCUT2D eigenvalue weighted by atomic mass is 10.1. The monoisotopic (exact) mass is 402 g/mol. The lowest BCUT2D eigenvalue weighted by Gasteiger charge is -2.13. The lowest BCUT2D eigenvalue weighted by molar-refractivity contribution is -0.144. The summed E-state index contributed by atoms with van der Waals surface area (Å²) in [6.07, 6.45) is 1.88. The summed E-state index contributed by atoms with van der Waals surface area (Å²) in [4.78, 5) is 27.4. The first-order valence-corrected chi connectivity index (χ1v) is 9.77. The number of esters is 1. The number of aromatic amines is 1. The van der Waals surface area contributed by atoms with Gasteiger partial charge in [0.2, 0.25) is 0 Å². The molecule has 1 atom stereocenters. The number of hydrogen-bond donors (Lipinski definition) is 1. The zero-order valence-corrected chi connectivity index (χ0v) is 16.8. The Morgan fingerprint density at radius 3 is 2.79 bits per heavy atom. The highest BCUT2D eigenvalue weighted by atomic mass is 32.2. The molecule has 9 heteroatoms. The van der Waals surface area contributed by atoms with Gasteiger partial charge in [0.15, 0.2) is 22.0 Å². The third-order valence-corrected chi connectivity index (χ3v) is 5.43. The number of Topliss-reactive ketones (excluding diaryl/α,β-unsaturated/α-hetero) is 1. The van der Waals surface area contributed by atoms with E-state index in [1.807, 2.05) is 35.0 Å². The number of rotatable bonds is 9. The Morgan fingerprint density at radius 1 is 1.29 bits per heavy atom. The lowest BCUT2D eigenvalue weighted by Crippen LogP contribution is -2.27. The molecule has 148 valence electrons. The van der Waals surface area contributed by atoms with Crippen LogP contribution in [0.5, 0.6) is 0 Å². The Kier molecular flexibility index (Phi) is 6.48. The molecule has 0 spiro atoms. The SMILES string of the molecule is CCOC(=O)C(Sc1nnc(-c2c[nH]c3ccccc23)n1CCOC)C(C)=O. The fourth-order valence-electron chi connectivity index (χ4n) is 2.84. The number of carbonyl (C=O) groups is 2. The average molecular weight is 402 g/mol. The van der Waals surface area contributed by atoms with Crippen molar-refractivity contribution in [1.29, 1.82) is 0 Å². The highest BCUT2D eigenvalue weighted by Gasteiger charge is 2.29. The van der Waals surface area contributed by atoms with Gasteiger partial charge in [0.1, 0.15) is 0 Å².